The number of amides is 11. The van der Waals surface area contributed by atoms with Crippen LogP contribution in [0, 0.1) is 5.92 Å². The van der Waals surface area contributed by atoms with Gasteiger partial charge in [0.2, 0.25) is 65.0 Å². The largest absolute Gasteiger partial charge is 0.508 e. The smallest absolute Gasteiger partial charge is 0.243 e. The number of nitrogens with one attached hydrogen (secondary N) is 9. The molecule has 400 valence electrons. The Labute approximate surface area is 421 Å². The maximum atomic E-state index is 14.0. The summed E-state index contributed by atoms with van der Waals surface area (Å²) in [5, 5.41) is 31.8. The van der Waals surface area contributed by atoms with Crippen molar-refractivity contribution in [2.45, 2.75) is 102 Å². The minimum absolute atomic E-state index is 0.0166. The molecule has 0 fully saturated rings. The number of hydrogen-bond donors (Lipinski definition) is 15. The minimum atomic E-state index is -1.57. The second-order valence-corrected chi connectivity index (χ2v) is 17.2. The first-order valence-electron chi connectivity index (χ1n) is 23.2. The van der Waals surface area contributed by atoms with E-state index in [0.717, 1.165) is 0 Å². The maximum absolute atomic E-state index is 14.0. The molecule has 11 amide bonds. The first-order chi connectivity index (χ1) is 34.4. The molecule has 0 heterocycles. The molecule has 27 heteroatoms. The van der Waals surface area contributed by atoms with Gasteiger partial charge in [-0.3, -0.25) is 57.7 Å². The molecule has 0 aliphatic heterocycles. The normalized spacial score (nSPS) is 13.2. The van der Waals surface area contributed by atoms with Crippen molar-refractivity contribution in [3.63, 3.8) is 0 Å². The molecule has 0 unspecified atom stereocenters. The van der Waals surface area contributed by atoms with Crippen LogP contribution in [0.25, 0.3) is 0 Å². The van der Waals surface area contributed by atoms with Crippen molar-refractivity contribution in [1.82, 2.24) is 47.9 Å². The van der Waals surface area contributed by atoms with E-state index in [4.69, 9.17) is 28.7 Å². The number of carbonyl (C=O) groups excluding carboxylic acids is 11. The van der Waals surface area contributed by atoms with Gasteiger partial charge in [0.15, 0.2) is 5.96 Å². The lowest BCUT2D eigenvalue weighted by Gasteiger charge is -2.25. The SMILES string of the molecule is CC(C)C[C@H](NC(=O)CNC(=O)[C@H](Cc1ccccc1)NC(=O)CNC(=O)[C@H](Cc1ccc(O)cc1)NC(=O)[C@H](CCC(N)=O)NC(=O)[C@H](CCCN=C(N)N)NC(=O)CNC(=O)CNC(=O)[C@H](C)N)C(N)=O. The van der Waals surface area contributed by atoms with E-state index in [0.29, 0.717) is 11.1 Å². The summed E-state index contributed by atoms with van der Waals surface area (Å²) in [6, 6.07) is 6.53. The number of benzene rings is 2. The van der Waals surface area contributed by atoms with Crippen molar-refractivity contribution in [2.75, 3.05) is 32.7 Å². The van der Waals surface area contributed by atoms with Crippen LogP contribution >= 0.6 is 0 Å². The number of hydrogen-bond acceptors (Lipinski definition) is 14. The molecule has 0 aromatic heterocycles. The highest BCUT2D eigenvalue weighted by Gasteiger charge is 2.31. The van der Waals surface area contributed by atoms with Gasteiger partial charge < -0.3 is 81.6 Å². The Bertz CT molecular complexity index is 2260. The van der Waals surface area contributed by atoms with Gasteiger partial charge in [0.25, 0.3) is 0 Å². The third kappa shape index (κ3) is 25.4. The van der Waals surface area contributed by atoms with Gasteiger partial charge in [-0.05, 0) is 61.8 Å². The summed E-state index contributed by atoms with van der Waals surface area (Å²) in [7, 11) is 0. The lowest BCUT2D eigenvalue weighted by atomic mass is 10.0. The van der Waals surface area contributed by atoms with Gasteiger partial charge in [-0.1, -0.05) is 56.3 Å². The summed E-state index contributed by atoms with van der Waals surface area (Å²) in [5.41, 5.74) is 28.2. The number of carbonyl (C=O) groups is 11. The monoisotopic (exact) mass is 1020 g/mol. The highest BCUT2D eigenvalue weighted by Crippen LogP contribution is 2.13. The molecular formula is C46H69N15O12. The minimum Gasteiger partial charge on any atom is -0.508 e. The molecular weight excluding hydrogens is 955 g/mol. The first kappa shape index (κ1) is 60.8. The number of aliphatic imine (C=N–C) groups is 1. The van der Waals surface area contributed by atoms with Gasteiger partial charge in [0, 0.05) is 25.8 Å². The zero-order chi connectivity index (χ0) is 54.6. The van der Waals surface area contributed by atoms with E-state index in [1.165, 1.54) is 31.2 Å². The fourth-order valence-electron chi connectivity index (χ4n) is 6.61. The summed E-state index contributed by atoms with van der Waals surface area (Å²) in [5.74, 6) is -9.37. The summed E-state index contributed by atoms with van der Waals surface area (Å²) in [4.78, 5) is 146. The average molecular weight is 1020 g/mol. The average Bonchev–Trinajstić information content (AvgIpc) is 3.32. The third-order valence-corrected chi connectivity index (χ3v) is 10.4. The van der Waals surface area contributed by atoms with E-state index in [2.05, 4.69) is 52.8 Å². The Balaban J connectivity index is 2.31. The van der Waals surface area contributed by atoms with Crippen LogP contribution < -0.4 is 76.5 Å². The van der Waals surface area contributed by atoms with Crippen LogP contribution in [0.15, 0.2) is 59.6 Å². The van der Waals surface area contributed by atoms with Crippen molar-refractivity contribution < 1.29 is 57.8 Å². The molecule has 20 N–H and O–H groups in total. The van der Waals surface area contributed by atoms with E-state index in [1.54, 1.807) is 30.3 Å². The van der Waals surface area contributed by atoms with Crippen LogP contribution in [0.3, 0.4) is 0 Å². The fraction of sp³-hybridized carbons (Fsp3) is 0.478. The van der Waals surface area contributed by atoms with E-state index in [-0.39, 0.29) is 56.3 Å². The predicted octanol–water partition coefficient (Wildman–Crippen LogP) is -5.74. The van der Waals surface area contributed by atoms with Crippen LogP contribution in [0.5, 0.6) is 5.75 Å². The predicted molar refractivity (Wildman–Crippen MR) is 264 cm³/mol. The first-order valence-corrected chi connectivity index (χ1v) is 23.2. The number of phenols is 1. The molecule has 73 heavy (non-hydrogen) atoms. The van der Waals surface area contributed by atoms with Crippen molar-refractivity contribution in [1.29, 1.82) is 0 Å². The number of nitrogens with zero attached hydrogens (tertiary/aromatic N) is 1. The van der Waals surface area contributed by atoms with Gasteiger partial charge in [-0.2, -0.15) is 0 Å². The molecule has 2 rings (SSSR count). The Morgan fingerprint density at radius 3 is 1.48 bits per heavy atom. The highest BCUT2D eigenvalue weighted by molar-refractivity contribution is 5.97. The number of rotatable bonds is 32. The Hall–Kier alpha value is -8.36. The van der Waals surface area contributed by atoms with Crippen LogP contribution in [0.2, 0.25) is 0 Å². The van der Waals surface area contributed by atoms with Crippen LogP contribution in [-0.2, 0) is 65.6 Å². The summed E-state index contributed by atoms with van der Waals surface area (Å²) in [6.07, 6.45) is -0.837. The fourth-order valence-corrected chi connectivity index (χ4v) is 6.61. The number of aromatic hydroxyl groups is 1. The molecule has 0 aliphatic carbocycles. The Morgan fingerprint density at radius 2 is 0.973 bits per heavy atom. The summed E-state index contributed by atoms with van der Waals surface area (Å²) >= 11 is 0. The number of phenolic OH excluding ortho intramolecular Hbond substituents is 1. The Kier molecular flexibility index (Phi) is 26.5. The van der Waals surface area contributed by atoms with Gasteiger partial charge in [-0.25, -0.2) is 0 Å². The van der Waals surface area contributed by atoms with E-state index in [1.807, 2.05) is 13.8 Å². The molecule has 0 saturated carbocycles. The second kappa shape index (κ2) is 31.8. The van der Waals surface area contributed by atoms with Crippen molar-refractivity contribution in [2.24, 2.45) is 39.6 Å². The molecule has 0 saturated heterocycles. The lowest BCUT2D eigenvalue weighted by molar-refractivity contribution is -0.134. The third-order valence-electron chi connectivity index (χ3n) is 10.4. The molecule has 6 atom stereocenters. The van der Waals surface area contributed by atoms with Crippen LogP contribution in [-0.4, -0.2) is 145 Å². The number of primary amides is 2. The van der Waals surface area contributed by atoms with Gasteiger partial charge in [-0.15, -0.1) is 0 Å². The molecule has 27 nitrogen and oxygen atoms in total. The zero-order valence-corrected chi connectivity index (χ0v) is 41.0. The Morgan fingerprint density at radius 1 is 0.521 bits per heavy atom. The standard InChI is InChI=1S/C46H69N15O12/c1-25(2)18-32(40(49)68)58-38(66)23-55-42(70)33(19-27-8-5-4-6-9-27)59-39(67)24-56-43(71)34(20-28-11-13-29(62)14-12-28)61-45(73)31(15-16-35(48)63)60-44(72)30(10-7-17-52-46(50)51)57-37(65)22-53-36(64)21-54-41(69)26(3)47/h4-6,8-9,11-14,25-26,30-34,62H,7,10,15-24,47H2,1-3H3,(H2,48,63)(H2,49,68)(H,53,64)(H,54,69)(H,55,70)(H,56,71)(H,57,65)(H,58,66)(H,59,67)(H,60,72)(H,61,73)(H4,50,51,52)/t26-,30-,31-,32-,33-,34-/m0/s1. The molecule has 2 aromatic carbocycles. The van der Waals surface area contributed by atoms with Crippen LogP contribution in [0.1, 0.15) is 64.0 Å². The van der Waals surface area contributed by atoms with E-state index < -0.39 is 140 Å². The lowest BCUT2D eigenvalue weighted by Crippen LogP contribution is -2.58. The van der Waals surface area contributed by atoms with E-state index >= 15 is 0 Å². The molecule has 0 radical (unpaired) electrons. The van der Waals surface area contributed by atoms with Crippen molar-refractivity contribution in [3.8, 4) is 5.75 Å². The number of guanidine groups is 1. The van der Waals surface area contributed by atoms with E-state index in [9.17, 15) is 57.8 Å². The molecule has 2 aromatic rings. The number of nitrogens with two attached hydrogens (primary N) is 5. The van der Waals surface area contributed by atoms with Crippen molar-refractivity contribution in [3.05, 3.63) is 65.7 Å². The zero-order valence-electron chi connectivity index (χ0n) is 41.0. The second-order valence-electron chi connectivity index (χ2n) is 17.2. The quantitative estimate of drug-likeness (QED) is 0.0185. The molecule has 0 spiro atoms. The van der Waals surface area contributed by atoms with Crippen molar-refractivity contribution >= 4 is 70.9 Å². The molecule has 0 aliphatic rings. The van der Waals surface area contributed by atoms with Gasteiger partial charge >= 0.3 is 0 Å². The summed E-state index contributed by atoms with van der Waals surface area (Å²) < 4.78 is 0. The van der Waals surface area contributed by atoms with Gasteiger partial charge in [0.05, 0.1) is 32.2 Å². The van der Waals surface area contributed by atoms with Crippen LogP contribution in [0.4, 0.5) is 0 Å². The highest BCUT2D eigenvalue weighted by atomic mass is 16.3. The topological polar surface area (TPSA) is 459 Å². The molecule has 0 bridgehead atoms. The van der Waals surface area contributed by atoms with Gasteiger partial charge in [0.1, 0.15) is 36.0 Å². The summed E-state index contributed by atoms with van der Waals surface area (Å²) in [6.45, 7) is 2.66. The maximum Gasteiger partial charge on any atom is 0.243 e.